The minimum Gasteiger partial charge on any atom is -0.494 e. The Labute approximate surface area is 177 Å². The summed E-state index contributed by atoms with van der Waals surface area (Å²) < 4.78 is 5.55. The first-order valence-corrected chi connectivity index (χ1v) is 10.4. The molecular formula is C22H28N4O2S. The van der Waals surface area contributed by atoms with Gasteiger partial charge in [-0.25, -0.2) is 0 Å². The number of hydrogen-bond donors (Lipinski definition) is 2. The van der Waals surface area contributed by atoms with Gasteiger partial charge >= 0.3 is 0 Å². The fourth-order valence-corrected chi connectivity index (χ4v) is 3.36. The van der Waals surface area contributed by atoms with Gasteiger partial charge in [0.2, 0.25) is 0 Å². The molecule has 2 aromatic rings. The predicted molar refractivity (Wildman–Crippen MR) is 122 cm³/mol. The molecule has 0 unspecified atom stereocenters. The van der Waals surface area contributed by atoms with Crippen molar-refractivity contribution < 1.29 is 9.53 Å². The summed E-state index contributed by atoms with van der Waals surface area (Å²) in [6, 6.07) is 15.1. The minimum atomic E-state index is -0.249. The summed E-state index contributed by atoms with van der Waals surface area (Å²) in [5.74, 6) is 0.506. The number of nitrogens with one attached hydrogen (secondary N) is 2. The van der Waals surface area contributed by atoms with E-state index in [1.807, 2.05) is 18.2 Å². The molecule has 1 heterocycles. The van der Waals surface area contributed by atoms with E-state index in [-0.39, 0.29) is 11.0 Å². The fourth-order valence-electron chi connectivity index (χ4n) is 3.15. The van der Waals surface area contributed by atoms with E-state index >= 15 is 0 Å². The summed E-state index contributed by atoms with van der Waals surface area (Å²) in [5, 5.41) is 6.22. The number of para-hydroxylation sites is 2. The van der Waals surface area contributed by atoms with E-state index in [2.05, 4.69) is 40.5 Å². The average Bonchev–Trinajstić information content (AvgIpc) is 2.73. The molecule has 29 heavy (non-hydrogen) atoms. The molecule has 0 atom stereocenters. The second kappa shape index (κ2) is 10.2. The standard InChI is InChI=1S/C22H28N4O2S/c1-3-16-28-18-10-8-17(9-11-18)21(27)24-22(29)23-19-6-4-5-7-20(19)26-14-12-25(2)13-15-26/h4-11H,3,12-16H2,1-2H3,(H2,23,24,27,29). The van der Waals surface area contributed by atoms with Crippen molar-refractivity contribution in [3.8, 4) is 5.75 Å². The zero-order chi connectivity index (χ0) is 20.6. The average molecular weight is 413 g/mol. The summed E-state index contributed by atoms with van der Waals surface area (Å²) in [5.41, 5.74) is 2.52. The van der Waals surface area contributed by atoms with Gasteiger partial charge in [0.15, 0.2) is 5.11 Å². The molecule has 0 aromatic heterocycles. The molecule has 0 saturated carbocycles. The van der Waals surface area contributed by atoms with Gasteiger partial charge in [0.05, 0.1) is 18.0 Å². The smallest absolute Gasteiger partial charge is 0.257 e. The van der Waals surface area contributed by atoms with Crippen LogP contribution >= 0.6 is 12.2 Å². The molecule has 7 heteroatoms. The van der Waals surface area contributed by atoms with Crippen molar-refractivity contribution in [1.82, 2.24) is 10.2 Å². The van der Waals surface area contributed by atoms with E-state index in [4.69, 9.17) is 17.0 Å². The van der Waals surface area contributed by atoms with Gasteiger partial charge in [0.25, 0.3) is 5.91 Å². The number of benzene rings is 2. The number of carbonyl (C=O) groups is 1. The monoisotopic (exact) mass is 412 g/mol. The lowest BCUT2D eigenvalue weighted by Gasteiger charge is -2.35. The Hall–Kier alpha value is -2.64. The normalized spacial score (nSPS) is 14.3. The largest absolute Gasteiger partial charge is 0.494 e. The highest BCUT2D eigenvalue weighted by Crippen LogP contribution is 2.26. The lowest BCUT2D eigenvalue weighted by atomic mass is 10.2. The van der Waals surface area contributed by atoms with Crippen molar-refractivity contribution >= 4 is 34.6 Å². The van der Waals surface area contributed by atoms with E-state index in [0.717, 1.165) is 49.7 Å². The molecule has 6 nitrogen and oxygen atoms in total. The number of piperazine rings is 1. The third-order valence-electron chi connectivity index (χ3n) is 4.81. The van der Waals surface area contributed by atoms with Crippen molar-refractivity contribution in [1.29, 1.82) is 0 Å². The molecule has 3 rings (SSSR count). The third kappa shape index (κ3) is 5.92. The SMILES string of the molecule is CCCOc1ccc(C(=O)NC(=S)Nc2ccccc2N2CCN(C)CC2)cc1. The Kier molecular flexibility index (Phi) is 7.43. The number of likely N-dealkylation sites (N-methyl/N-ethyl adjacent to an activating group) is 1. The molecule has 154 valence electrons. The van der Waals surface area contributed by atoms with Crippen LogP contribution < -0.4 is 20.3 Å². The number of carbonyl (C=O) groups excluding carboxylic acids is 1. The van der Waals surface area contributed by atoms with Crippen LogP contribution in [0.3, 0.4) is 0 Å². The number of hydrogen-bond acceptors (Lipinski definition) is 5. The van der Waals surface area contributed by atoms with Crippen molar-refractivity contribution in [2.75, 3.05) is 50.1 Å². The molecule has 0 radical (unpaired) electrons. The first-order valence-electron chi connectivity index (χ1n) is 9.94. The van der Waals surface area contributed by atoms with Gasteiger partial charge < -0.3 is 19.9 Å². The quantitative estimate of drug-likeness (QED) is 0.710. The summed E-state index contributed by atoms with van der Waals surface area (Å²) in [4.78, 5) is 17.1. The summed E-state index contributed by atoms with van der Waals surface area (Å²) in [6.07, 6.45) is 0.942. The Balaban J connectivity index is 1.60. The summed E-state index contributed by atoms with van der Waals surface area (Å²) in [6.45, 7) is 6.67. The van der Waals surface area contributed by atoms with Gasteiger partial charge in [-0.05, 0) is 62.1 Å². The first-order chi connectivity index (χ1) is 14.1. The highest BCUT2D eigenvalue weighted by Gasteiger charge is 2.17. The maximum Gasteiger partial charge on any atom is 0.257 e. The van der Waals surface area contributed by atoms with Gasteiger partial charge in [-0.3, -0.25) is 10.1 Å². The molecule has 1 saturated heterocycles. The second-order valence-electron chi connectivity index (χ2n) is 7.09. The van der Waals surface area contributed by atoms with E-state index < -0.39 is 0 Å². The van der Waals surface area contributed by atoms with Gasteiger partial charge in [-0.15, -0.1) is 0 Å². The number of nitrogens with zero attached hydrogens (tertiary/aromatic N) is 2. The molecule has 2 N–H and O–H groups in total. The molecule has 0 spiro atoms. The Morgan fingerprint density at radius 3 is 2.45 bits per heavy atom. The molecule has 2 aromatic carbocycles. The Morgan fingerprint density at radius 1 is 1.07 bits per heavy atom. The van der Waals surface area contributed by atoms with Gasteiger partial charge in [0, 0.05) is 31.7 Å². The Bertz CT molecular complexity index is 833. The molecular weight excluding hydrogens is 384 g/mol. The third-order valence-corrected chi connectivity index (χ3v) is 5.02. The van der Waals surface area contributed by atoms with Crippen LogP contribution in [0.15, 0.2) is 48.5 Å². The van der Waals surface area contributed by atoms with Crippen LogP contribution in [-0.4, -0.2) is 55.8 Å². The van der Waals surface area contributed by atoms with Gasteiger partial charge in [-0.1, -0.05) is 19.1 Å². The number of thiocarbonyl (C=S) groups is 1. The van der Waals surface area contributed by atoms with Crippen molar-refractivity contribution in [3.63, 3.8) is 0 Å². The van der Waals surface area contributed by atoms with Crippen LogP contribution in [0.5, 0.6) is 5.75 Å². The second-order valence-corrected chi connectivity index (χ2v) is 7.50. The van der Waals surface area contributed by atoms with Gasteiger partial charge in [-0.2, -0.15) is 0 Å². The molecule has 1 fully saturated rings. The molecule has 1 amide bonds. The van der Waals surface area contributed by atoms with Crippen LogP contribution in [0.25, 0.3) is 0 Å². The Morgan fingerprint density at radius 2 is 1.76 bits per heavy atom. The zero-order valence-electron chi connectivity index (χ0n) is 17.0. The van der Waals surface area contributed by atoms with E-state index in [0.29, 0.717) is 12.2 Å². The van der Waals surface area contributed by atoms with Crippen LogP contribution in [-0.2, 0) is 0 Å². The highest BCUT2D eigenvalue weighted by atomic mass is 32.1. The van der Waals surface area contributed by atoms with Crippen molar-refractivity contribution in [2.24, 2.45) is 0 Å². The number of anilines is 2. The molecule has 0 aliphatic carbocycles. The maximum absolute atomic E-state index is 12.5. The highest BCUT2D eigenvalue weighted by molar-refractivity contribution is 7.80. The first kappa shape index (κ1) is 21.1. The summed E-state index contributed by atoms with van der Waals surface area (Å²) >= 11 is 5.38. The molecule has 1 aliphatic rings. The van der Waals surface area contributed by atoms with Crippen LogP contribution in [0, 0.1) is 0 Å². The minimum absolute atomic E-state index is 0.249. The predicted octanol–water partition coefficient (Wildman–Crippen LogP) is 3.35. The maximum atomic E-state index is 12.5. The topological polar surface area (TPSA) is 56.8 Å². The van der Waals surface area contributed by atoms with Crippen LogP contribution in [0.4, 0.5) is 11.4 Å². The number of rotatable bonds is 6. The van der Waals surface area contributed by atoms with E-state index in [9.17, 15) is 4.79 Å². The number of amides is 1. The van der Waals surface area contributed by atoms with Crippen LogP contribution in [0.2, 0.25) is 0 Å². The molecule has 1 aliphatic heterocycles. The fraction of sp³-hybridized carbons (Fsp3) is 0.364. The summed E-state index contributed by atoms with van der Waals surface area (Å²) in [7, 11) is 2.13. The van der Waals surface area contributed by atoms with Crippen LogP contribution in [0.1, 0.15) is 23.7 Å². The van der Waals surface area contributed by atoms with Crippen molar-refractivity contribution in [2.45, 2.75) is 13.3 Å². The lowest BCUT2D eigenvalue weighted by Crippen LogP contribution is -2.45. The zero-order valence-corrected chi connectivity index (χ0v) is 17.8. The van der Waals surface area contributed by atoms with Gasteiger partial charge in [0.1, 0.15) is 5.75 Å². The van der Waals surface area contributed by atoms with Crippen molar-refractivity contribution in [3.05, 3.63) is 54.1 Å². The van der Waals surface area contributed by atoms with E-state index in [1.165, 1.54) is 0 Å². The lowest BCUT2D eigenvalue weighted by molar-refractivity contribution is 0.0977. The molecule has 0 bridgehead atoms. The van der Waals surface area contributed by atoms with E-state index in [1.54, 1.807) is 24.3 Å². The number of ether oxygens (including phenoxy) is 1.